The van der Waals surface area contributed by atoms with Gasteiger partial charge in [0.15, 0.2) is 0 Å². The number of methoxy groups -OCH3 is 2. The molecule has 1 N–H and O–H groups in total. The van der Waals surface area contributed by atoms with E-state index in [9.17, 15) is 4.79 Å². The standard InChI is InChI=1S/C17H15BrN2O3S/c1-22-12-7-10(8-13(23-2)16(12)18)17(21)19-9-15-20-11-5-3-4-6-14(11)24-15/h3-8H,9H2,1-2H3,(H,19,21). The summed E-state index contributed by atoms with van der Waals surface area (Å²) in [5, 5.41) is 3.74. The summed E-state index contributed by atoms with van der Waals surface area (Å²) >= 11 is 4.96. The van der Waals surface area contributed by atoms with Crippen LogP contribution < -0.4 is 14.8 Å². The summed E-state index contributed by atoms with van der Waals surface area (Å²) < 4.78 is 12.3. The van der Waals surface area contributed by atoms with Gasteiger partial charge in [0, 0.05) is 5.56 Å². The van der Waals surface area contributed by atoms with E-state index in [1.807, 2.05) is 24.3 Å². The normalized spacial score (nSPS) is 10.6. The van der Waals surface area contributed by atoms with Gasteiger partial charge in [-0.05, 0) is 40.2 Å². The van der Waals surface area contributed by atoms with Crippen LogP contribution in [0, 0.1) is 0 Å². The van der Waals surface area contributed by atoms with Gasteiger partial charge in [-0.15, -0.1) is 11.3 Å². The molecule has 0 aliphatic rings. The lowest BCUT2D eigenvalue weighted by Gasteiger charge is -2.11. The summed E-state index contributed by atoms with van der Waals surface area (Å²) in [4.78, 5) is 16.9. The molecule has 0 fully saturated rings. The molecule has 1 amide bonds. The predicted octanol–water partition coefficient (Wildman–Crippen LogP) is 4.01. The molecule has 2 aromatic carbocycles. The monoisotopic (exact) mass is 406 g/mol. The Balaban J connectivity index is 1.77. The Kier molecular flexibility index (Phi) is 5.01. The van der Waals surface area contributed by atoms with Crippen LogP contribution in [-0.4, -0.2) is 25.1 Å². The molecule has 0 unspecified atom stereocenters. The van der Waals surface area contributed by atoms with Gasteiger partial charge in [0.05, 0.1) is 31.0 Å². The van der Waals surface area contributed by atoms with Crippen molar-refractivity contribution in [3.63, 3.8) is 0 Å². The second-order valence-corrected chi connectivity index (χ2v) is 6.86. The summed E-state index contributed by atoms with van der Waals surface area (Å²) in [5.74, 6) is 0.873. The molecule has 0 saturated carbocycles. The van der Waals surface area contributed by atoms with Crippen LogP contribution in [0.4, 0.5) is 0 Å². The number of carbonyl (C=O) groups excluding carboxylic acids is 1. The van der Waals surface area contributed by atoms with Crippen LogP contribution in [0.25, 0.3) is 10.2 Å². The average molecular weight is 407 g/mol. The Labute approximate surface area is 151 Å². The number of nitrogens with zero attached hydrogens (tertiary/aromatic N) is 1. The van der Waals surface area contributed by atoms with Gasteiger partial charge in [-0.25, -0.2) is 4.98 Å². The minimum Gasteiger partial charge on any atom is -0.495 e. The van der Waals surface area contributed by atoms with Crippen molar-refractivity contribution in [2.75, 3.05) is 14.2 Å². The highest BCUT2D eigenvalue weighted by molar-refractivity contribution is 9.10. The number of hydrogen-bond donors (Lipinski definition) is 1. The molecule has 0 saturated heterocycles. The third-order valence-electron chi connectivity index (χ3n) is 3.45. The van der Waals surface area contributed by atoms with Crippen LogP contribution >= 0.6 is 27.3 Å². The maximum Gasteiger partial charge on any atom is 0.251 e. The second-order valence-electron chi connectivity index (χ2n) is 4.95. The quantitative estimate of drug-likeness (QED) is 0.695. The van der Waals surface area contributed by atoms with Gasteiger partial charge in [0.1, 0.15) is 21.0 Å². The molecule has 0 aliphatic heterocycles. The Hall–Kier alpha value is -2.12. The van der Waals surface area contributed by atoms with E-state index in [2.05, 4.69) is 26.2 Å². The van der Waals surface area contributed by atoms with Gasteiger partial charge in [-0.1, -0.05) is 12.1 Å². The first-order valence-corrected chi connectivity index (χ1v) is 8.77. The summed E-state index contributed by atoms with van der Waals surface area (Å²) in [5.41, 5.74) is 1.41. The molecule has 0 aliphatic carbocycles. The predicted molar refractivity (Wildman–Crippen MR) is 98.0 cm³/mol. The van der Waals surface area contributed by atoms with Gasteiger partial charge in [0.25, 0.3) is 5.91 Å². The van der Waals surface area contributed by atoms with E-state index in [1.54, 1.807) is 37.7 Å². The van der Waals surface area contributed by atoms with E-state index < -0.39 is 0 Å². The van der Waals surface area contributed by atoms with Crippen LogP contribution in [0.5, 0.6) is 11.5 Å². The Morgan fingerprint density at radius 1 is 1.21 bits per heavy atom. The number of fused-ring (bicyclic) bond motifs is 1. The van der Waals surface area contributed by atoms with E-state index in [0.29, 0.717) is 28.1 Å². The van der Waals surface area contributed by atoms with Crippen molar-refractivity contribution in [3.05, 3.63) is 51.4 Å². The number of thiazole rings is 1. The number of hydrogen-bond acceptors (Lipinski definition) is 5. The first kappa shape index (κ1) is 16.7. The number of amides is 1. The van der Waals surface area contributed by atoms with Crippen molar-refractivity contribution >= 4 is 43.4 Å². The largest absolute Gasteiger partial charge is 0.495 e. The molecule has 0 spiro atoms. The van der Waals surface area contributed by atoms with Crippen molar-refractivity contribution < 1.29 is 14.3 Å². The van der Waals surface area contributed by atoms with Gasteiger partial charge >= 0.3 is 0 Å². The maximum absolute atomic E-state index is 12.4. The van der Waals surface area contributed by atoms with Crippen LogP contribution in [-0.2, 0) is 6.54 Å². The van der Waals surface area contributed by atoms with E-state index in [-0.39, 0.29) is 5.91 Å². The molecule has 3 rings (SSSR count). The van der Waals surface area contributed by atoms with Crippen LogP contribution in [0.3, 0.4) is 0 Å². The maximum atomic E-state index is 12.4. The molecule has 1 heterocycles. The number of para-hydroxylation sites is 1. The number of carbonyl (C=O) groups is 1. The zero-order chi connectivity index (χ0) is 17.1. The molecule has 7 heteroatoms. The second kappa shape index (κ2) is 7.19. The Morgan fingerprint density at radius 3 is 2.50 bits per heavy atom. The van der Waals surface area contributed by atoms with Crippen molar-refractivity contribution in [3.8, 4) is 11.5 Å². The van der Waals surface area contributed by atoms with Crippen LogP contribution in [0.2, 0.25) is 0 Å². The smallest absolute Gasteiger partial charge is 0.251 e. The summed E-state index contributed by atoms with van der Waals surface area (Å²) in [6, 6.07) is 11.2. The fourth-order valence-corrected chi connectivity index (χ4v) is 3.71. The number of aromatic nitrogens is 1. The van der Waals surface area contributed by atoms with Gasteiger partial charge in [-0.2, -0.15) is 0 Å². The average Bonchev–Trinajstić information content (AvgIpc) is 3.02. The fraction of sp³-hybridized carbons (Fsp3) is 0.176. The zero-order valence-electron chi connectivity index (χ0n) is 13.1. The lowest BCUT2D eigenvalue weighted by Crippen LogP contribution is -2.22. The number of rotatable bonds is 5. The molecule has 0 atom stereocenters. The molecule has 3 aromatic rings. The van der Waals surface area contributed by atoms with Crippen molar-refractivity contribution in [1.29, 1.82) is 0 Å². The SMILES string of the molecule is COc1cc(C(=O)NCc2nc3ccccc3s2)cc(OC)c1Br. The summed E-state index contributed by atoms with van der Waals surface area (Å²) in [6.45, 7) is 0.374. The van der Waals surface area contributed by atoms with E-state index in [4.69, 9.17) is 9.47 Å². The van der Waals surface area contributed by atoms with Crippen LogP contribution in [0.1, 0.15) is 15.4 Å². The third-order valence-corrected chi connectivity index (χ3v) is 5.26. The highest BCUT2D eigenvalue weighted by atomic mass is 79.9. The van der Waals surface area contributed by atoms with E-state index in [0.717, 1.165) is 15.2 Å². The van der Waals surface area contributed by atoms with Crippen molar-refractivity contribution in [2.24, 2.45) is 0 Å². The summed E-state index contributed by atoms with van der Waals surface area (Å²) in [7, 11) is 3.09. The number of nitrogens with one attached hydrogen (secondary N) is 1. The summed E-state index contributed by atoms with van der Waals surface area (Å²) in [6.07, 6.45) is 0. The first-order chi connectivity index (χ1) is 11.6. The molecular weight excluding hydrogens is 392 g/mol. The number of ether oxygens (including phenoxy) is 2. The van der Waals surface area contributed by atoms with Crippen molar-refractivity contribution in [2.45, 2.75) is 6.54 Å². The Morgan fingerprint density at radius 2 is 1.88 bits per heavy atom. The molecule has 24 heavy (non-hydrogen) atoms. The molecule has 0 bridgehead atoms. The topological polar surface area (TPSA) is 60.5 Å². The minimum absolute atomic E-state index is 0.210. The van der Waals surface area contributed by atoms with E-state index in [1.165, 1.54) is 0 Å². The third kappa shape index (κ3) is 3.37. The van der Waals surface area contributed by atoms with Gasteiger partial charge in [-0.3, -0.25) is 4.79 Å². The molecule has 0 radical (unpaired) electrons. The highest BCUT2D eigenvalue weighted by Crippen LogP contribution is 2.35. The lowest BCUT2D eigenvalue weighted by molar-refractivity contribution is 0.0950. The van der Waals surface area contributed by atoms with Crippen molar-refractivity contribution in [1.82, 2.24) is 10.3 Å². The molecule has 1 aromatic heterocycles. The molecule has 5 nitrogen and oxygen atoms in total. The lowest BCUT2D eigenvalue weighted by atomic mass is 10.2. The number of halogens is 1. The highest BCUT2D eigenvalue weighted by Gasteiger charge is 2.15. The Bertz CT molecular complexity index is 836. The van der Waals surface area contributed by atoms with E-state index >= 15 is 0 Å². The first-order valence-electron chi connectivity index (χ1n) is 7.16. The van der Waals surface area contributed by atoms with Crippen LogP contribution in [0.15, 0.2) is 40.9 Å². The molecule has 124 valence electrons. The zero-order valence-corrected chi connectivity index (χ0v) is 15.5. The van der Waals surface area contributed by atoms with Gasteiger partial charge < -0.3 is 14.8 Å². The minimum atomic E-state index is -0.210. The molecular formula is C17H15BrN2O3S. The number of benzene rings is 2. The van der Waals surface area contributed by atoms with Gasteiger partial charge in [0.2, 0.25) is 0 Å². The fourth-order valence-electron chi connectivity index (χ4n) is 2.25.